The fraction of sp³-hybridized carbons (Fsp3) is 0.714. The number of ether oxygens (including phenoxy) is 1. The number of aromatic nitrogens is 2. The molecule has 2 rings (SSSR count). The van der Waals surface area contributed by atoms with Crippen molar-refractivity contribution in [2.45, 2.75) is 39.0 Å². The molecule has 0 radical (unpaired) electrons. The zero-order valence-corrected chi connectivity index (χ0v) is 11.7. The monoisotopic (exact) mass is 266 g/mol. The van der Waals surface area contributed by atoms with Crippen LogP contribution in [0.3, 0.4) is 0 Å². The van der Waals surface area contributed by atoms with Crippen molar-refractivity contribution in [1.82, 2.24) is 9.55 Å². The summed E-state index contributed by atoms with van der Waals surface area (Å²) in [5, 5.41) is 9.09. The molecule has 1 atom stereocenters. The molecule has 1 unspecified atom stereocenters. The molecular formula is C14H22N2O3. The number of aliphatic carboxylic acids is 1. The number of nitrogens with zero attached hydrogens (tertiary/aromatic N) is 2. The molecular weight excluding hydrogens is 244 g/mol. The third kappa shape index (κ3) is 3.15. The first-order chi connectivity index (χ1) is 9.13. The Bertz CT molecular complexity index is 454. The van der Waals surface area contributed by atoms with Crippen molar-refractivity contribution in [3.05, 3.63) is 17.2 Å². The number of hydrogen-bond acceptors (Lipinski definition) is 3. The zero-order valence-electron chi connectivity index (χ0n) is 11.7. The lowest BCUT2D eigenvalue weighted by molar-refractivity contribution is -0.142. The predicted molar refractivity (Wildman–Crippen MR) is 71.2 cm³/mol. The Morgan fingerprint density at radius 2 is 2.32 bits per heavy atom. The van der Waals surface area contributed by atoms with E-state index < -0.39 is 5.97 Å². The van der Waals surface area contributed by atoms with E-state index in [0.29, 0.717) is 19.4 Å². The van der Waals surface area contributed by atoms with Crippen LogP contribution in [0, 0.1) is 5.92 Å². The standard InChI is InChI=1S/C14H22N2O3/c1-3-7-19-8-6-13-15-11-9-10(14(17)18)4-5-12(11)16(13)2/h10H,3-9H2,1-2H3,(H,17,18). The van der Waals surface area contributed by atoms with Gasteiger partial charge in [-0.2, -0.15) is 0 Å². The summed E-state index contributed by atoms with van der Waals surface area (Å²) < 4.78 is 7.60. The van der Waals surface area contributed by atoms with Gasteiger partial charge in [0.15, 0.2) is 0 Å². The van der Waals surface area contributed by atoms with Gasteiger partial charge in [-0.1, -0.05) is 6.92 Å². The first-order valence-corrected chi connectivity index (χ1v) is 6.97. The van der Waals surface area contributed by atoms with Gasteiger partial charge in [-0.05, 0) is 19.3 Å². The molecule has 1 aliphatic rings. The van der Waals surface area contributed by atoms with Crippen LogP contribution in [0.15, 0.2) is 0 Å². The summed E-state index contributed by atoms with van der Waals surface area (Å²) in [5.74, 6) is 0.0304. The second-order valence-electron chi connectivity index (χ2n) is 5.12. The summed E-state index contributed by atoms with van der Waals surface area (Å²) in [5.41, 5.74) is 2.16. The molecule has 5 nitrogen and oxygen atoms in total. The maximum atomic E-state index is 11.0. The molecule has 0 fully saturated rings. The first-order valence-electron chi connectivity index (χ1n) is 6.97. The van der Waals surface area contributed by atoms with Crippen LogP contribution < -0.4 is 0 Å². The molecule has 1 aromatic heterocycles. The van der Waals surface area contributed by atoms with Crippen molar-refractivity contribution in [2.75, 3.05) is 13.2 Å². The normalized spacial score (nSPS) is 18.3. The summed E-state index contributed by atoms with van der Waals surface area (Å²) in [6.45, 7) is 3.55. The maximum absolute atomic E-state index is 11.0. The maximum Gasteiger partial charge on any atom is 0.306 e. The van der Waals surface area contributed by atoms with Crippen LogP contribution in [0.2, 0.25) is 0 Å². The quantitative estimate of drug-likeness (QED) is 0.794. The predicted octanol–water partition coefficient (Wildman–Crippen LogP) is 1.58. The Hall–Kier alpha value is -1.36. The highest BCUT2D eigenvalue weighted by atomic mass is 16.5. The van der Waals surface area contributed by atoms with E-state index in [1.54, 1.807) is 0 Å². The smallest absolute Gasteiger partial charge is 0.306 e. The summed E-state index contributed by atoms with van der Waals surface area (Å²) in [6, 6.07) is 0. The van der Waals surface area contributed by atoms with Crippen LogP contribution in [0.5, 0.6) is 0 Å². The van der Waals surface area contributed by atoms with Gasteiger partial charge in [-0.3, -0.25) is 4.79 Å². The third-order valence-corrected chi connectivity index (χ3v) is 3.73. The van der Waals surface area contributed by atoms with Gasteiger partial charge in [-0.15, -0.1) is 0 Å². The van der Waals surface area contributed by atoms with Gasteiger partial charge in [0.2, 0.25) is 0 Å². The molecule has 0 amide bonds. The van der Waals surface area contributed by atoms with Crippen molar-refractivity contribution in [3.63, 3.8) is 0 Å². The zero-order chi connectivity index (χ0) is 13.8. The Kier molecular flexibility index (Phi) is 4.58. The topological polar surface area (TPSA) is 64.4 Å². The van der Waals surface area contributed by atoms with Gasteiger partial charge in [0, 0.05) is 32.2 Å². The van der Waals surface area contributed by atoms with Gasteiger partial charge < -0.3 is 14.4 Å². The van der Waals surface area contributed by atoms with E-state index in [2.05, 4.69) is 16.5 Å². The van der Waals surface area contributed by atoms with E-state index in [1.807, 2.05) is 7.05 Å². The molecule has 1 heterocycles. The van der Waals surface area contributed by atoms with Crippen molar-refractivity contribution < 1.29 is 14.6 Å². The van der Waals surface area contributed by atoms with Crippen LogP contribution in [0.25, 0.3) is 0 Å². The molecule has 0 aliphatic heterocycles. The molecule has 0 saturated carbocycles. The number of fused-ring (bicyclic) bond motifs is 1. The molecule has 19 heavy (non-hydrogen) atoms. The van der Waals surface area contributed by atoms with E-state index >= 15 is 0 Å². The number of carboxylic acid groups (broad SMARTS) is 1. The lowest BCUT2D eigenvalue weighted by Crippen LogP contribution is -2.22. The Balaban J connectivity index is 2.02. The molecule has 1 aliphatic carbocycles. The molecule has 106 valence electrons. The van der Waals surface area contributed by atoms with E-state index in [0.717, 1.165) is 37.4 Å². The van der Waals surface area contributed by atoms with Crippen molar-refractivity contribution in [1.29, 1.82) is 0 Å². The van der Waals surface area contributed by atoms with E-state index in [-0.39, 0.29) is 5.92 Å². The van der Waals surface area contributed by atoms with Crippen molar-refractivity contribution >= 4 is 5.97 Å². The highest BCUT2D eigenvalue weighted by Gasteiger charge is 2.28. The van der Waals surface area contributed by atoms with E-state index in [9.17, 15) is 4.79 Å². The highest BCUT2D eigenvalue weighted by Crippen LogP contribution is 2.26. The highest BCUT2D eigenvalue weighted by molar-refractivity contribution is 5.70. The second kappa shape index (κ2) is 6.19. The minimum Gasteiger partial charge on any atom is -0.481 e. The average molecular weight is 266 g/mol. The largest absolute Gasteiger partial charge is 0.481 e. The number of carboxylic acids is 1. The molecule has 5 heteroatoms. The molecule has 0 spiro atoms. The van der Waals surface area contributed by atoms with Gasteiger partial charge >= 0.3 is 5.97 Å². The van der Waals surface area contributed by atoms with E-state index in [1.165, 1.54) is 5.69 Å². The van der Waals surface area contributed by atoms with Crippen LogP contribution >= 0.6 is 0 Å². The lowest BCUT2D eigenvalue weighted by Gasteiger charge is -2.18. The third-order valence-electron chi connectivity index (χ3n) is 3.73. The molecule has 0 bridgehead atoms. The Labute approximate surface area is 113 Å². The summed E-state index contributed by atoms with van der Waals surface area (Å²) in [6.07, 6.45) is 3.91. The summed E-state index contributed by atoms with van der Waals surface area (Å²) >= 11 is 0. The fourth-order valence-electron chi connectivity index (χ4n) is 2.61. The Morgan fingerprint density at radius 3 is 3.00 bits per heavy atom. The fourth-order valence-corrected chi connectivity index (χ4v) is 2.61. The molecule has 0 aromatic carbocycles. The van der Waals surface area contributed by atoms with Crippen molar-refractivity contribution in [3.8, 4) is 0 Å². The first kappa shape index (κ1) is 14.1. The lowest BCUT2D eigenvalue weighted by atomic mass is 9.90. The minimum absolute atomic E-state index is 0.272. The molecule has 1 N–H and O–H groups in total. The molecule has 1 aromatic rings. The average Bonchev–Trinajstić information content (AvgIpc) is 2.71. The van der Waals surface area contributed by atoms with Gasteiger partial charge in [0.25, 0.3) is 0 Å². The number of rotatable bonds is 6. The van der Waals surface area contributed by atoms with Crippen LogP contribution in [-0.4, -0.2) is 33.8 Å². The number of imidazole rings is 1. The summed E-state index contributed by atoms with van der Waals surface area (Å²) in [4.78, 5) is 15.6. The van der Waals surface area contributed by atoms with E-state index in [4.69, 9.17) is 9.84 Å². The van der Waals surface area contributed by atoms with Crippen LogP contribution in [-0.2, 0) is 35.8 Å². The van der Waals surface area contributed by atoms with Crippen molar-refractivity contribution in [2.24, 2.45) is 13.0 Å². The van der Waals surface area contributed by atoms with Crippen LogP contribution in [0.4, 0.5) is 0 Å². The molecule has 0 saturated heterocycles. The number of hydrogen-bond donors (Lipinski definition) is 1. The van der Waals surface area contributed by atoms with Gasteiger partial charge in [0.1, 0.15) is 5.82 Å². The number of carbonyl (C=O) groups is 1. The van der Waals surface area contributed by atoms with Crippen LogP contribution in [0.1, 0.15) is 37.0 Å². The summed E-state index contributed by atoms with van der Waals surface area (Å²) in [7, 11) is 2.02. The second-order valence-corrected chi connectivity index (χ2v) is 5.12. The van der Waals surface area contributed by atoms with Gasteiger partial charge in [0.05, 0.1) is 18.2 Å². The Morgan fingerprint density at radius 1 is 1.53 bits per heavy atom. The SMILES string of the molecule is CCCOCCc1nc2c(n1C)CCC(C(=O)O)C2. The minimum atomic E-state index is -0.705. The van der Waals surface area contributed by atoms with Gasteiger partial charge in [-0.25, -0.2) is 4.98 Å².